The Morgan fingerprint density at radius 1 is 0.708 bits per heavy atom. The molecule has 4 heteroatoms. The summed E-state index contributed by atoms with van der Waals surface area (Å²) >= 11 is 0. The molecule has 0 aromatic rings. The zero-order chi connectivity index (χ0) is 17.8. The second-order valence-electron chi connectivity index (χ2n) is 10.3. The van der Waals surface area contributed by atoms with Crippen LogP contribution in [0.2, 0.25) is 0 Å². The van der Waals surface area contributed by atoms with Crippen LogP contribution < -0.4 is 0 Å². The molecule has 4 nitrogen and oxygen atoms in total. The van der Waals surface area contributed by atoms with Crippen molar-refractivity contribution in [3.63, 3.8) is 0 Å². The van der Waals surface area contributed by atoms with E-state index in [0.29, 0.717) is 11.8 Å². The Labute approximate surface area is 143 Å². The Bertz CT molecular complexity index is 644. The van der Waals surface area contributed by atoms with Crippen LogP contribution in [0.1, 0.15) is 41.5 Å². The molecule has 2 N–H and O–H groups in total. The standard InChI is InChI=1S/C20H28O4/c1-7(2)19-11-9-10-12(13(19)15(21)17(9,5)23)20(19,8(3)4)14(11)16(22)18(10,6)24/h7-14,23-24H,1-6H3/t9?,10?,11?,12?,13?,14?,17-,18?,19?,20?/m0/s1. The molecule has 8 bridgehead atoms. The van der Waals surface area contributed by atoms with Crippen LogP contribution in [-0.2, 0) is 9.59 Å². The van der Waals surface area contributed by atoms with Gasteiger partial charge in [0.05, 0.1) is 0 Å². The van der Waals surface area contributed by atoms with Crippen molar-refractivity contribution in [3.8, 4) is 0 Å². The number of aliphatic hydroxyl groups is 2. The van der Waals surface area contributed by atoms with E-state index in [1.54, 1.807) is 13.8 Å². The topological polar surface area (TPSA) is 74.6 Å². The van der Waals surface area contributed by atoms with Crippen LogP contribution in [0.5, 0.6) is 0 Å². The minimum Gasteiger partial charge on any atom is -0.382 e. The Balaban J connectivity index is 1.83. The molecule has 8 aliphatic carbocycles. The number of ketones is 2. The van der Waals surface area contributed by atoms with Crippen molar-refractivity contribution in [1.82, 2.24) is 0 Å². The summed E-state index contributed by atoms with van der Waals surface area (Å²) in [5.41, 5.74) is -3.10. The van der Waals surface area contributed by atoms with Crippen LogP contribution in [0.4, 0.5) is 0 Å². The van der Waals surface area contributed by atoms with Crippen molar-refractivity contribution in [2.45, 2.75) is 52.7 Å². The van der Waals surface area contributed by atoms with Crippen molar-refractivity contribution in [3.05, 3.63) is 0 Å². The molecule has 0 aromatic heterocycles. The Hall–Kier alpha value is -0.740. The summed E-state index contributed by atoms with van der Waals surface area (Å²) < 4.78 is 0. The van der Waals surface area contributed by atoms with E-state index in [9.17, 15) is 19.8 Å². The van der Waals surface area contributed by atoms with Crippen molar-refractivity contribution >= 4 is 11.6 Å². The molecule has 0 aromatic carbocycles. The largest absolute Gasteiger partial charge is 0.382 e. The molecular weight excluding hydrogens is 304 g/mol. The van der Waals surface area contributed by atoms with E-state index in [0.717, 1.165) is 0 Å². The minimum absolute atomic E-state index is 0.0291. The van der Waals surface area contributed by atoms with Gasteiger partial charge < -0.3 is 10.2 Å². The molecule has 8 aliphatic rings. The van der Waals surface area contributed by atoms with Gasteiger partial charge in [0.25, 0.3) is 0 Å². The summed E-state index contributed by atoms with van der Waals surface area (Å²) in [5, 5.41) is 22.1. The predicted octanol–water partition coefficient (Wildman–Crippen LogP) is 1.68. The monoisotopic (exact) mass is 332 g/mol. The summed E-state index contributed by atoms with van der Waals surface area (Å²) in [7, 11) is 0. The predicted molar refractivity (Wildman–Crippen MR) is 86.7 cm³/mol. The second kappa shape index (κ2) is 3.55. The van der Waals surface area contributed by atoms with Crippen LogP contribution in [0, 0.1) is 58.2 Å². The third-order valence-corrected chi connectivity index (χ3v) is 9.53. The Morgan fingerprint density at radius 2 is 1.00 bits per heavy atom. The van der Waals surface area contributed by atoms with E-state index in [2.05, 4.69) is 27.7 Å². The summed E-state index contributed by atoms with van der Waals surface area (Å²) in [4.78, 5) is 26.3. The van der Waals surface area contributed by atoms with Crippen LogP contribution in [0.25, 0.3) is 0 Å². The highest BCUT2D eigenvalue weighted by atomic mass is 16.3. The normalized spacial score (nSPS) is 65.4. The number of carbonyl (C=O) groups excluding carboxylic acids is 2. The smallest absolute Gasteiger partial charge is 0.168 e. The van der Waals surface area contributed by atoms with Gasteiger partial charge in [-0.1, -0.05) is 27.7 Å². The first-order chi connectivity index (χ1) is 10.9. The second-order valence-corrected chi connectivity index (χ2v) is 10.3. The van der Waals surface area contributed by atoms with E-state index in [-0.39, 0.29) is 57.9 Å². The van der Waals surface area contributed by atoms with Crippen LogP contribution in [0.3, 0.4) is 0 Å². The highest BCUT2D eigenvalue weighted by molar-refractivity contribution is 6.02. The molecule has 0 heterocycles. The fourth-order valence-corrected chi connectivity index (χ4v) is 9.54. The molecule has 0 spiro atoms. The maximum Gasteiger partial charge on any atom is 0.168 e. The van der Waals surface area contributed by atoms with Crippen molar-refractivity contribution < 1.29 is 19.8 Å². The fraction of sp³-hybridized carbons (Fsp3) is 0.900. The third kappa shape index (κ3) is 0.942. The number of carbonyl (C=O) groups is 2. The van der Waals surface area contributed by atoms with E-state index >= 15 is 0 Å². The lowest BCUT2D eigenvalue weighted by molar-refractivity contribution is -0.493. The average Bonchev–Trinajstić information content (AvgIpc) is 2.44. The molecule has 24 heavy (non-hydrogen) atoms. The molecule has 9 unspecified atom stereocenters. The van der Waals surface area contributed by atoms with Crippen LogP contribution in [-0.4, -0.2) is 33.0 Å². The first-order valence-electron chi connectivity index (χ1n) is 9.47. The highest BCUT2D eigenvalue weighted by Crippen LogP contribution is 2.97. The quantitative estimate of drug-likeness (QED) is 0.807. The molecule has 0 aliphatic heterocycles. The molecular formula is C20H28O4. The van der Waals surface area contributed by atoms with Crippen LogP contribution >= 0.6 is 0 Å². The van der Waals surface area contributed by atoms with Crippen LogP contribution in [0.15, 0.2) is 0 Å². The summed E-state index contributed by atoms with van der Waals surface area (Å²) in [6.45, 7) is 12.0. The fourth-order valence-electron chi connectivity index (χ4n) is 9.54. The number of hydrogen-bond donors (Lipinski definition) is 2. The first kappa shape index (κ1) is 15.5. The van der Waals surface area contributed by atoms with E-state index in [4.69, 9.17) is 0 Å². The van der Waals surface area contributed by atoms with E-state index < -0.39 is 11.2 Å². The summed E-state index contributed by atoms with van der Waals surface area (Å²) in [6.07, 6.45) is 0. The Kier molecular flexibility index (Phi) is 2.29. The van der Waals surface area contributed by atoms with E-state index in [1.165, 1.54) is 0 Å². The number of Topliss-reactive ketones (excluding diaryl/α,β-unsaturated/α-hetero) is 2. The molecule has 132 valence electrons. The van der Waals surface area contributed by atoms with Gasteiger partial charge in [-0.3, -0.25) is 9.59 Å². The van der Waals surface area contributed by atoms with Gasteiger partial charge in [0.15, 0.2) is 11.6 Å². The number of hydrogen-bond acceptors (Lipinski definition) is 4. The lowest BCUT2D eigenvalue weighted by Crippen LogP contribution is -3.01. The van der Waals surface area contributed by atoms with Gasteiger partial charge in [-0.2, -0.15) is 0 Å². The molecule has 8 saturated carbocycles. The van der Waals surface area contributed by atoms with Gasteiger partial charge in [0.1, 0.15) is 11.2 Å². The molecule has 0 radical (unpaired) electrons. The maximum atomic E-state index is 13.1. The highest BCUT2D eigenvalue weighted by Gasteiger charge is 3.01. The lowest BCUT2D eigenvalue weighted by Gasteiger charge is -2.97. The van der Waals surface area contributed by atoms with Crippen molar-refractivity contribution in [2.24, 2.45) is 58.2 Å². The lowest BCUT2D eigenvalue weighted by atomic mass is 9.05. The van der Waals surface area contributed by atoms with Gasteiger partial charge in [0.2, 0.25) is 0 Å². The first-order valence-corrected chi connectivity index (χ1v) is 9.47. The number of rotatable bonds is 2. The summed E-state index contributed by atoms with van der Waals surface area (Å²) in [5.74, 6) is -0.265. The molecule has 10 atom stereocenters. The number of fused-ring (bicyclic) bond motifs is 2. The van der Waals surface area contributed by atoms with Crippen molar-refractivity contribution in [1.29, 1.82) is 0 Å². The molecule has 8 rings (SSSR count). The summed E-state index contributed by atoms with van der Waals surface area (Å²) in [6, 6.07) is 0. The minimum atomic E-state index is -1.40. The molecule has 0 saturated heterocycles. The average molecular weight is 332 g/mol. The molecule has 0 amide bonds. The zero-order valence-corrected chi connectivity index (χ0v) is 15.3. The zero-order valence-electron chi connectivity index (χ0n) is 15.3. The van der Waals surface area contributed by atoms with Gasteiger partial charge in [-0.15, -0.1) is 0 Å². The van der Waals surface area contributed by atoms with Gasteiger partial charge in [0, 0.05) is 23.7 Å². The van der Waals surface area contributed by atoms with Crippen molar-refractivity contribution in [2.75, 3.05) is 0 Å². The molecule has 8 fully saturated rings. The van der Waals surface area contributed by atoms with Gasteiger partial charge >= 0.3 is 0 Å². The van der Waals surface area contributed by atoms with E-state index in [1.807, 2.05) is 0 Å². The maximum absolute atomic E-state index is 13.1. The Morgan fingerprint density at radius 3 is 1.25 bits per heavy atom. The SMILES string of the molecule is CC(C)C12C3C(=O)C(C)(O)C4C1C1C(=O)[C@@](C)(O)C4C3C12C(C)C. The van der Waals surface area contributed by atoms with Gasteiger partial charge in [-0.05, 0) is 48.3 Å². The van der Waals surface area contributed by atoms with Gasteiger partial charge in [-0.25, -0.2) is 0 Å². The third-order valence-electron chi connectivity index (χ3n) is 9.53.